The van der Waals surface area contributed by atoms with E-state index in [4.69, 9.17) is 4.52 Å². The number of amides is 2. The Hall–Kier alpha value is -2.70. The Morgan fingerprint density at radius 3 is 2.92 bits per heavy atom. The zero-order valence-corrected chi connectivity index (χ0v) is 14.1. The molecular weight excluding hydrogens is 320 g/mol. The average molecular weight is 340 g/mol. The molecular formula is C18H20N4O3. The van der Waals surface area contributed by atoms with Crippen molar-refractivity contribution >= 4 is 11.8 Å². The lowest BCUT2D eigenvalue weighted by Crippen LogP contribution is -2.47. The molecule has 3 saturated heterocycles. The van der Waals surface area contributed by atoms with Crippen LogP contribution < -0.4 is 0 Å². The second kappa shape index (κ2) is 6.31. The minimum Gasteiger partial charge on any atom is -0.361 e. The molecule has 5 rings (SSSR count). The molecule has 130 valence electrons. The van der Waals surface area contributed by atoms with Gasteiger partial charge in [0.05, 0.1) is 18.2 Å². The maximum atomic E-state index is 12.8. The van der Waals surface area contributed by atoms with Crippen LogP contribution >= 0.6 is 0 Å². The van der Waals surface area contributed by atoms with Crippen LogP contribution in [0.2, 0.25) is 0 Å². The van der Waals surface area contributed by atoms with Crippen molar-refractivity contribution < 1.29 is 14.1 Å². The van der Waals surface area contributed by atoms with Gasteiger partial charge in [-0.2, -0.15) is 0 Å². The Morgan fingerprint density at radius 1 is 1.32 bits per heavy atom. The number of hydrogen-bond acceptors (Lipinski definition) is 5. The zero-order chi connectivity index (χ0) is 17.4. The van der Waals surface area contributed by atoms with E-state index in [0.29, 0.717) is 31.1 Å². The average Bonchev–Trinajstić information content (AvgIpc) is 2.88. The smallest absolute Gasteiger partial charge is 0.276 e. The predicted octanol–water partition coefficient (Wildman–Crippen LogP) is 1.64. The summed E-state index contributed by atoms with van der Waals surface area (Å²) in [4.78, 5) is 33.5. The van der Waals surface area contributed by atoms with Crippen molar-refractivity contribution in [2.45, 2.75) is 32.4 Å². The molecule has 0 radical (unpaired) electrons. The number of rotatable bonds is 3. The van der Waals surface area contributed by atoms with Gasteiger partial charge in [-0.1, -0.05) is 11.2 Å². The molecule has 3 aliphatic heterocycles. The third-order valence-corrected chi connectivity index (χ3v) is 4.99. The largest absolute Gasteiger partial charge is 0.361 e. The minimum atomic E-state index is -0.166. The van der Waals surface area contributed by atoms with Gasteiger partial charge >= 0.3 is 0 Å². The second-order valence-corrected chi connectivity index (χ2v) is 6.75. The maximum Gasteiger partial charge on any atom is 0.276 e. The number of carbonyl (C=O) groups excluding carboxylic acids is 2. The summed E-state index contributed by atoms with van der Waals surface area (Å²) < 4.78 is 5.02. The predicted molar refractivity (Wildman–Crippen MR) is 88.4 cm³/mol. The highest BCUT2D eigenvalue weighted by Gasteiger charge is 2.42. The number of fused-ring (bicyclic) bond motifs is 4. The molecule has 2 aromatic rings. The van der Waals surface area contributed by atoms with Crippen molar-refractivity contribution in [1.82, 2.24) is 19.9 Å². The van der Waals surface area contributed by atoms with Gasteiger partial charge in [0.2, 0.25) is 5.91 Å². The molecule has 0 aliphatic carbocycles. The van der Waals surface area contributed by atoms with Crippen molar-refractivity contribution in [2.75, 3.05) is 13.1 Å². The summed E-state index contributed by atoms with van der Waals surface area (Å²) in [6, 6.07) is 7.37. The van der Waals surface area contributed by atoms with Gasteiger partial charge in [0.25, 0.3) is 5.91 Å². The van der Waals surface area contributed by atoms with Gasteiger partial charge in [0.1, 0.15) is 5.76 Å². The highest BCUT2D eigenvalue weighted by molar-refractivity contribution is 5.93. The highest BCUT2D eigenvalue weighted by Crippen LogP contribution is 2.30. The number of aromatic nitrogens is 2. The van der Waals surface area contributed by atoms with E-state index in [9.17, 15) is 9.59 Å². The molecule has 5 heterocycles. The minimum absolute atomic E-state index is 0.0187. The summed E-state index contributed by atoms with van der Waals surface area (Å²) in [7, 11) is 0. The third kappa shape index (κ3) is 3.01. The molecule has 0 aromatic carbocycles. The Morgan fingerprint density at radius 2 is 2.20 bits per heavy atom. The van der Waals surface area contributed by atoms with Crippen LogP contribution in [0.3, 0.4) is 0 Å². The van der Waals surface area contributed by atoms with Crippen molar-refractivity contribution in [2.24, 2.45) is 5.92 Å². The van der Waals surface area contributed by atoms with Gasteiger partial charge in [-0.3, -0.25) is 14.6 Å². The lowest BCUT2D eigenvalue weighted by molar-refractivity contribution is -0.140. The first-order valence-corrected chi connectivity index (χ1v) is 8.55. The lowest BCUT2D eigenvalue weighted by atomic mass is 9.94. The van der Waals surface area contributed by atoms with Gasteiger partial charge in [0, 0.05) is 31.4 Å². The fourth-order valence-electron chi connectivity index (χ4n) is 3.71. The van der Waals surface area contributed by atoms with Crippen molar-refractivity contribution in [3.63, 3.8) is 0 Å². The highest BCUT2D eigenvalue weighted by atomic mass is 16.5. The van der Waals surface area contributed by atoms with E-state index in [1.165, 1.54) is 0 Å². The Kier molecular flexibility index (Phi) is 3.99. The third-order valence-electron chi connectivity index (χ3n) is 4.99. The van der Waals surface area contributed by atoms with E-state index >= 15 is 0 Å². The van der Waals surface area contributed by atoms with Crippen LogP contribution in [0.25, 0.3) is 0 Å². The summed E-state index contributed by atoms with van der Waals surface area (Å²) in [6.45, 7) is 3.22. The fourth-order valence-corrected chi connectivity index (χ4v) is 3.71. The van der Waals surface area contributed by atoms with E-state index in [1.54, 1.807) is 24.1 Å². The van der Waals surface area contributed by atoms with Crippen molar-refractivity contribution in [3.05, 3.63) is 47.6 Å². The summed E-state index contributed by atoms with van der Waals surface area (Å²) in [5.41, 5.74) is 1.18. The standard InChI is InChI=1S/C18H20N4O3/c1-12-8-16(20-25-12)18(24)21-9-13-5-6-15(11-21)22(17(13)23)10-14-4-2-3-7-19-14/h2-4,7-8,13,15H,5-6,9-11H2,1H3/t13-,15+/m0/s1. The monoisotopic (exact) mass is 340 g/mol. The van der Waals surface area contributed by atoms with Crippen LogP contribution in [0.4, 0.5) is 0 Å². The maximum absolute atomic E-state index is 12.8. The first-order valence-electron chi connectivity index (χ1n) is 8.55. The van der Waals surface area contributed by atoms with Crippen LogP contribution in [-0.2, 0) is 11.3 Å². The molecule has 2 amide bonds. The molecule has 3 fully saturated rings. The number of hydrogen-bond donors (Lipinski definition) is 0. The molecule has 2 atom stereocenters. The van der Waals surface area contributed by atoms with Crippen molar-refractivity contribution in [3.8, 4) is 0 Å². The SMILES string of the molecule is Cc1cc(C(=O)N2C[C@@H]3CC[C@H](C2)N(Cc2ccccn2)C3=O)no1. The number of piperidine rings is 1. The topological polar surface area (TPSA) is 79.5 Å². The molecule has 7 heteroatoms. The second-order valence-electron chi connectivity index (χ2n) is 6.75. The van der Waals surface area contributed by atoms with Gasteiger partial charge < -0.3 is 14.3 Å². The number of pyridine rings is 1. The normalized spacial score (nSPS) is 23.0. The Bertz CT molecular complexity index is 789. The van der Waals surface area contributed by atoms with Crippen molar-refractivity contribution in [1.29, 1.82) is 0 Å². The molecule has 2 bridgehead atoms. The van der Waals surface area contributed by atoms with Gasteiger partial charge in [-0.15, -0.1) is 0 Å². The van der Waals surface area contributed by atoms with E-state index in [1.807, 2.05) is 23.1 Å². The molecule has 0 N–H and O–H groups in total. The van der Waals surface area contributed by atoms with E-state index in [-0.39, 0.29) is 23.8 Å². The van der Waals surface area contributed by atoms with Crippen LogP contribution in [0.5, 0.6) is 0 Å². The van der Waals surface area contributed by atoms with E-state index in [0.717, 1.165) is 18.5 Å². The van der Waals surface area contributed by atoms with Gasteiger partial charge in [-0.25, -0.2) is 0 Å². The number of nitrogens with zero attached hydrogens (tertiary/aromatic N) is 4. The molecule has 25 heavy (non-hydrogen) atoms. The van der Waals surface area contributed by atoms with Gasteiger partial charge in [-0.05, 0) is 31.9 Å². The quantitative estimate of drug-likeness (QED) is 0.849. The fraction of sp³-hybridized carbons (Fsp3) is 0.444. The summed E-state index contributed by atoms with van der Waals surface area (Å²) in [6.07, 6.45) is 3.47. The Balaban J connectivity index is 1.55. The van der Waals surface area contributed by atoms with E-state index < -0.39 is 0 Å². The van der Waals surface area contributed by atoms with Crippen LogP contribution in [0.1, 0.15) is 34.8 Å². The lowest BCUT2D eigenvalue weighted by Gasteiger charge is -2.35. The molecule has 0 unspecified atom stereocenters. The Labute approximate surface area is 145 Å². The van der Waals surface area contributed by atoms with Crippen LogP contribution in [-0.4, -0.2) is 50.9 Å². The zero-order valence-electron chi connectivity index (χ0n) is 14.1. The summed E-state index contributed by atoms with van der Waals surface area (Å²) in [5.74, 6) is 0.406. The number of aryl methyl sites for hydroxylation is 1. The van der Waals surface area contributed by atoms with Crippen LogP contribution in [0, 0.1) is 12.8 Å². The first-order chi connectivity index (χ1) is 12.1. The summed E-state index contributed by atoms with van der Waals surface area (Å²) >= 11 is 0. The number of carbonyl (C=O) groups is 2. The molecule has 7 nitrogen and oxygen atoms in total. The van der Waals surface area contributed by atoms with Crippen LogP contribution in [0.15, 0.2) is 35.0 Å². The molecule has 2 aromatic heterocycles. The molecule has 0 saturated carbocycles. The first kappa shape index (κ1) is 15.8. The molecule has 3 aliphatic rings. The van der Waals surface area contributed by atoms with E-state index in [2.05, 4.69) is 10.1 Å². The molecule has 0 spiro atoms. The van der Waals surface area contributed by atoms with Gasteiger partial charge in [0.15, 0.2) is 5.69 Å². The summed E-state index contributed by atoms with van der Waals surface area (Å²) in [5, 5.41) is 3.82.